The number of hydrogen-bond donors (Lipinski definition) is 1. The quantitative estimate of drug-likeness (QED) is 0.843. The molecule has 2 heterocycles. The van der Waals surface area contributed by atoms with Crippen molar-refractivity contribution in [1.29, 1.82) is 0 Å². The maximum atomic E-state index is 3.55. The molecule has 2 nitrogen and oxygen atoms in total. The van der Waals surface area contributed by atoms with Crippen LogP contribution in [0.4, 0.5) is 0 Å². The monoisotopic (exact) mass is 278 g/mol. The second-order valence-electron chi connectivity index (χ2n) is 6.51. The predicted octanol–water partition coefficient (Wildman–Crippen LogP) is 3.79. The summed E-state index contributed by atoms with van der Waals surface area (Å²) < 4.78 is 0. The molecule has 1 aliphatic heterocycles. The van der Waals surface area contributed by atoms with Gasteiger partial charge in [0.1, 0.15) is 0 Å². The number of thiophene rings is 1. The molecule has 0 unspecified atom stereocenters. The van der Waals surface area contributed by atoms with Crippen LogP contribution in [0.1, 0.15) is 43.9 Å². The second-order valence-corrected chi connectivity index (χ2v) is 7.76. The van der Waals surface area contributed by atoms with Crippen molar-refractivity contribution in [2.45, 2.75) is 52.7 Å². The van der Waals surface area contributed by atoms with Crippen molar-refractivity contribution < 1.29 is 0 Å². The Bertz CT molecular complexity index is 440. The average Bonchev–Trinajstić information content (AvgIpc) is 2.77. The van der Waals surface area contributed by atoms with Gasteiger partial charge in [-0.1, -0.05) is 11.6 Å². The van der Waals surface area contributed by atoms with E-state index in [0.717, 1.165) is 19.6 Å². The SMILES string of the molecule is CC1=CCN(Cc2ccc(CNC(C)(C)C)s2)CC1. The van der Waals surface area contributed by atoms with E-state index in [9.17, 15) is 0 Å². The van der Waals surface area contributed by atoms with Crippen LogP contribution in [0.25, 0.3) is 0 Å². The molecule has 0 saturated heterocycles. The Morgan fingerprint density at radius 3 is 2.63 bits per heavy atom. The molecule has 0 spiro atoms. The third-order valence-corrected chi connectivity index (χ3v) is 4.48. The highest BCUT2D eigenvalue weighted by atomic mass is 32.1. The Morgan fingerprint density at radius 2 is 2.00 bits per heavy atom. The Hall–Kier alpha value is -0.640. The molecule has 0 aliphatic carbocycles. The van der Waals surface area contributed by atoms with E-state index in [1.165, 1.54) is 28.3 Å². The summed E-state index contributed by atoms with van der Waals surface area (Å²) in [5, 5.41) is 3.55. The first-order valence-electron chi connectivity index (χ1n) is 7.13. The van der Waals surface area contributed by atoms with E-state index < -0.39 is 0 Å². The fourth-order valence-corrected chi connectivity index (χ4v) is 3.13. The molecule has 3 heteroatoms. The van der Waals surface area contributed by atoms with Crippen LogP contribution in [0.3, 0.4) is 0 Å². The number of hydrogen-bond acceptors (Lipinski definition) is 3. The highest BCUT2D eigenvalue weighted by molar-refractivity contribution is 7.11. The first kappa shape index (κ1) is 14.8. The summed E-state index contributed by atoms with van der Waals surface area (Å²) in [5.41, 5.74) is 1.73. The van der Waals surface area contributed by atoms with E-state index in [4.69, 9.17) is 0 Å². The Labute approximate surface area is 121 Å². The van der Waals surface area contributed by atoms with E-state index in [1.54, 1.807) is 0 Å². The zero-order valence-corrected chi connectivity index (χ0v) is 13.4. The molecule has 2 rings (SSSR count). The van der Waals surface area contributed by atoms with Crippen molar-refractivity contribution in [1.82, 2.24) is 10.2 Å². The molecule has 0 atom stereocenters. The normalized spacial score (nSPS) is 17.6. The molecule has 0 amide bonds. The van der Waals surface area contributed by atoms with Crippen molar-refractivity contribution in [3.8, 4) is 0 Å². The zero-order chi connectivity index (χ0) is 13.9. The van der Waals surface area contributed by atoms with Gasteiger partial charge in [0, 0.05) is 41.5 Å². The lowest BCUT2D eigenvalue weighted by Crippen LogP contribution is -2.34. The fourth-order valence-electron chi connectivity index (χ4n) is 2.13. The molecule has 1 aromatic heterocycles. The van der Waals surface area contributed by atoms with Gasteiger partial charge >= 0.3 is 0 Å². The Kier molecular flexibility index (Phi) is 4.82. The van der Waals surface area contributed by atoms with Crippen LogP contribution >= 0.6 is 11.3 Å². The smallest absolute Gasteiger partial charge is 0.0331 e. The van der Waals surface area contributed by atoms with Crippen molar-refractivity contribution >= 4 is 11.3 Å². The first-order valence-corrected chi connectivity index (χ1v) is 7.95. The number of nitrogens with zero attached hydrogens (tertiary/aromatic N) is 1. The summed E-state index contributed by atoms with van der Waals surface area (Å²) in [6.45, 7) is 13.3. The van der Waals surface area contributed by atoms with Gasteiger partial charge in [0.2, 0.25) is 0 Å². The standard InChI is InChI=1S/C16H26N2S/c1-13-7-9-18(10-8-13)12-15-6-5-14(19-15)11-17-16(2,3)4/h5-7,17H,8-12H2,1-4H3. The van der Waals surface area contributed by atoms with Crippen molar-refractivity contribution in [2.24, 2.45) is 0 Å². The van der Waals surface area contributed by atoms with E-state index in [2.05, 4.69) is 56.1 Å². The second kappa shape index (κ2) is 6.21. The van der Waals surface area contributed by atoms with Gasteiger partial charge in [0.05, 0.1) is 0 Å². The average molecular weight is 278 g/mol. The molecule has 0 bridgehead atoms. The Morgan fingerprint density at radius 1 is 1.26 bits per heavy atom. The minimum Gasteiger partial charge on any atom is -0.307 e. The Balaban J connectivity index is 1.84. The molecule has 1 N–H and O–H groups in total. The minimum absolute atomic E-state index is 0.194. The third-order valence-electron chi connectivity index (χ3n) is 3.41. The summed E-state index contributed by atoms with van der Waals surface area (Å²) >= 11 is 1.94. The largest absolute Gasteiger partial charge is 0.307 e. The summed E-state index contributed by atoms with van der Waals surface area (Å²) in [6.07, 6.45) is 3.59. The molecule has 106 valence electrons. The van der Waals surface area contributed by atoms with Crippen LogP contribution in [-0.2, 0) is 13.1 Å². The van der Waals surface area contributed by atoms with Crippen molar-refractivity contribution in [2.75, 3.05) is 13.1 Å². The number of rotatable bonds is 4. The lowest BCUT2D eigenvalue weighted by atomic mass is 10.1. The molecule has 1 aliphatic rings. The van der Waals surface area contributed by atoms with Gasteiger partial charge in [-0.25, -0.2) is 0 Å². The van der Waals surface area contributed by atoms with Gasteiger partial charge < -0.3 is 5.32 Å². The first-order chi connectivity index (χ1) is 8.92. The van der Waals surface area contributed by atoms with E-state index in [1.807, 2.05) is 11.3 Å². The third kappa shape index (κ3) is 5.09. The molecular formula is C16H26N2S. The summed E-state index contributed by atoms with van der Waals surface area (Å²) in [5.74, 6) is 0. The maximum Gasteiger partial charge on any atom is 0.0331 e. The van der Waals surface area contributed by atoms with Gasteiger partial charge in [0.15, 0.2) is 0 Å². The van der Waals surface area contributed by atoms with E-state index >= 15 is 0 Å². The lowest BCUT2D eigenvalue weighted by molar-refractivity contribution is 0.288. The van der Waals surface area contributed by atoms with Crippen LogP contribution < -0.4 is 5.32 Å². The molecule has 0 aromatic carbocycles. The molecule has 0 radical (unpaired) electrons. The lowest BCUT2D eigenvalue weighted by Gasteiger charge is -2.24. The predicted molar refractivity (Wildman–Crippen MR) is 84.6 cm³/mol. The van der Waals surface area contributed by atoms with Crippen LogP contribution in [0.5, 0.6) is 0 Å². The highest BCUT2D eigenvalue weighted by Gasteiger charge is 2.12. The molecular weight excluding hydrogens is 252 g/mol. The van der Waals surface area contributed by atoms with Crippen LogP contribution in [0.2, 0.25) is 0 Å². The highest BCUT2D eigenvalue weighted by Crippen LogP contribution is 2.20. The van der Waals surface area contributed by atoms with Gasteiger partial charge in [-0.2, -0.15) is 0 Å². The number of nitrogens with one attached hydrogen (secondary N) is 1. The van der Waals surface area contributed by atoms with Crippen molar-refractivity contribution in [3.05, 3.63) is 33.5 Å². The van der Waals surface area contributed by atoms with Gasteiger partial charge in [-0.3, -0.25) is 4.90 Å². The summed E-state index contributed by atoms with van der Waals surface area (Å²) in [4.78, 5) is 5.45. The fraction of sp³-hybridized carbons (Fsp3) is 0.625. The molecule has 0 fully saturated rings. The van der Waals surface area contributed by atoms with Gasteiger partial charge in [-0.15, -0.1) is 11.3 Å². The van der Waals surface area contributed by atoms with Gasteiger partial charge in [0.25, 0.3) is 0 Å². The van der Waals surface area contributed by atoms with Crippen LogP contribution in [0.15, 0.2) is 23.8 Å². The molecule has 1 aromatic rings. The molecule has 19 heavy (non-hydrogen) atoms. The molecule has 0 saturated carbocycles. The minimum atomic E-state index is 0.194. The van der Waals surface area contributed by atoms with E-state index in [-0.39, 0.29) is 5.54 Å². The summed E-state index contributed by atoms with van der Waals surface area (Å²) in [7, 11) is 0. The van der Waals surface area contributed by atoms with Crippen LogP contribution in [0, 0.1) is 0 Å². The van der Waals surface area contributed by atoms with Crippen LogP contribution in [-0.4, -0.2) is 23.5 Å². The topological polar surface area (TPSA) is 15.3 Å². The van der Waals surface area contributed by atoms with E-state index in [0.29, 0.717) is 0 Å². The summed E-state index contributed by atoms with van der Waals surface area (Å²) in [6, 6.07) is 4.55. The van der Waals surface area contributed by atoms with Gasteiger partial charge in [-0.05, 0) is 46.2 Å². The maximum absolute atomic E-state index is 3.55. The van der Waals surface area contributed by atoms with Crippen molar-refractivity contribution in [3.63, 3.8) is 0 Å². The zero-order valence-electron chi connectivity index (χ0n) is 12.6.